The van der Waals surface area contributed by atoms with Crippen LogP contribution < -0.4 is 5.32 Å². The van der Waals surface area contributed by atoms with Crippen LogP contribution in [0.3, 0.4) is 0 Å². The number of rotatable bonds is 6. The Labute approximate surface area is 106 Å². The molecule has 0 fully saturated rings. The number of benzene rings is 1. The molecular formula is C13H18BrNO. The van der Waals surface area contributed by atoms with Crippen LogP contribution in [-0.4, -0.2) is 5.91 Å². The van der Waals surface area contributed by atoms with E-state index in [9.17, 15) is 4.79 Å². The molecule has 2 nitrogen and oxygen atoms in total. The van der Waals surface area contributed by atoms with Crippen LogP contribution in [-0.2, 0) is 11.3 Å². The third kappa shape index (κ3) is 5.31. The van der Waals surface area contributed by atoms with Crippen molar-refractivity contribution in [3.63, 3.8) is 0 Å². The molecule has 0 aliphatic rings. The lowest BCUT2D eigenvalue weighted by Crippen LogP contribution is -2.22. The van der Waals surface area contributed by atoms with Gasteiger partial charge < -0.3 is 5.32 Å². The van der Waals surface area contributed by atoms with E-state index < -0.39 is 0 Å². The van der Waals surface area contributed by atoms with Gasteiger partial charge in [0.2, 0.25) is 5.91 Å². The summed E-state index contributed by atoms with van der Waals surface area (Å²) in [5, 5.41) is 2.92. The van der Waals surface area contributed by atoms with Gasteiger partial charge in [-0.15, -0.1) is 0 Å². The van der Waals surface area contributed by atoms with Crippen molar-refractivity contribution in [3.8, 4) is 0 Å². The molecule has 1 N–H and O–H groups in total. The lowest BCUT2D eigenvalue weighted by atomic mass is 10.2. The Hall–Kier alpha value is -0.830. The number of halogens is 1. The molecule has 0 unspecified atom stereocenters. The van der Waals surface area contributed by atoms with E-state index in [0.29, 0.717) is 13.0 Å². The zero-order valence-electron chi connectivity index (χ0n) is 9.63. The first-order valence-corrected chi connectivity index (χ1v) is 6.53. The van der Waals surface area contributed by atoms with Gasteiger partial charge in [-0.05, 0) is 24.1 Å². The van der Waals surface area contributed by atoms with E-state index >= 15 is 0 Å². The number of hydrogen-bond acceptors (Lipinski definition) is 1. The van der Waals surface area contributed by atoms with Crippen LogP contribution in [0.2, 0.25) is 0 Å². The summed E-state index contributed by atoms with van der Waals surface area (Å²) < 4.78 is 1.06. The molecule has 16 heavy (non-hydrogen) atoms. The van der Waals surface area contributed by atoms with E-state index in [1.165, 1.54) is 0 Å². The van der Waals surface area contributed by atoms with Crippen molar-refractivity contribution < 1.29 is 4.79 Å². The van der Waals surface area contributed by atoms with Crippen LogP contribution in [0.4, 0.5) is 0 Å². The quantitative estimate of drug-likeness (QED) is 0.794. The van der Waals surface area contributed by atoms with Crippen molar-refractivity contribution in [2.24, 2.45) is 0 Å². The van der Waals surface area contributed by atoms with Gasteiger partial charge in [0.25, 0.3) is 0 Å². The maximum absolute atomic E-state index is 11.4. The van der Waals surface area contributed by atoms with Gasteiger partial charge in [0.15, 0.2) is 0 Å². The predicted molar refractivity (Wildman–Crippen MR) is 70.1 cm³/mol. The lowest BCUT2D eigenvalue weighted by Gasteiger charge is -2.05. The van der Waals surface area contributed by atoms with Gasteiger partial charge in [0, 0.05) is 17.4 Å². The van der Waals surface area contributed by atoms with Crippen LogP contribution >= 0.6 is 15.9 Å². The number of carbonyl (C=O) groups is 1. The predicted octanol–water partition coefficient (Wildman–Crippen LogP) is 3.65. The Morgan fingerprint density at radius 1 is 1.25 bits per heavy atom. The van der Waals surface area contributed by atoms with Crippen LogP contribution in [0.15, 0.2) is 28.7 Å². The third-order valence-corrected chi connectivity index (χ3v) is 2.94. The fourth-order valence-corrected chi connectivity index (χ4v) is 1.69. The average molecular weight is 284 g/mol. The number of amides is 1. The van der Waals surface area contributed by atoms with E-state index in [1.807, 2.05) is 24.3 Å². The summed E-state index contributed by atoms with van der Waals surface area (Å²) in [6.07, 6.45) is 3.92. The summed E-state index contributed by atoms with van der Waals surface area (Å²) in [4.78, 5) is 11.4. The second kappa shape index (κ2) is 7.44. The molecule has 88 valence electrons. The third-order valence-electron chi connectivity index (χ3n) is 2.41. The highest BCUT2D eigenvalue weighted by Crippen LogP contribution is 2.10. The monoisotopic (exact) mass is 283 g/mol. The molecule has 1 aromatic carbocycles. The maximum atomic E-state index is 11.4. The first-order chi connectivity index (χ1) is 7.72. The van der Waals surface area contributed by atoms with E-state index in [1.54, 1.807) is 0 Å². The van der Waals surface area contributed by atoms with Gasteiger partial charge >= 0.3 is 0 Å². The van der Waals surface area contributed by atoms with Crippen molar-refractivity contribution in [2.45, 2.75) is 39.2 Å². The highest BCUT2D eigenvalue weighted by molar-refractivity contribution is 9.10. The minimum Gasteiger partial charge on any atom is -0.352 e. The Morgan fingerprint density at radius 2 is 1.94 bits per heavy atom. The topological polar surface area (TPSA) is 29.1 Å². The SMILES string of the molecule is CCCCCC(=O)NCc1ccc(Br)cc1. The molecule has 0 aliphatic carbocycles. The van der Waals surface area contributed by atoms with Crippen molar-refractivity contribution >= 4 is 21.8 Å². The van der Waals surface area contributed by atoms with Gasteiger partial charge in [0.1, 0.15) is 0 Å². The van der Waals surface area contributed by atoms with Crippen LogP contribution in [0, 0.1) is 0 Å². The molecule has 1 aromatic rings. The van der Waals surface area contributed by atoms with Gasteiger partial charge in [-0.3, -0.25) is 4.79 Å². The van der Waals surface area contributed by atoms with E-state index in [2.05, 4.69) is 28.2 Å². The molecule has 1 amide bonds. The van der Waals surface area contributed by atoms with Crippen molar-refractivity contribution in [1.82, 2.24) is 5.32 Å². The Morgan fingerprint density at radius 3 is 2.56 bits per heavy atom. The molecule has 0 bridgehead atoms. The minimum absolute atomic E-state index is 0.149. The van der Waals surface area contributed by atoms with Crippen molar-refractivity contribution in [2.75, 3.05) is 0 Å². The summed E-state index contributed by atoms with van der Waals surface area (Å²) in [5.74, 6) is 0.149. The number of hydrogen-bond donors (Lipinski definition) is 1. The van der Waals surface area contributed by atoms with E-state index in [4.69, 9.17) is 0 Å². The fraction of sp³-hybridized carbons (Fsp3) is 0.462. The smallest absolute Gasteiger partial charge is 0.220 e. The molecule has 3 heteroatoms. The second-order valence-electron chi connectivity index (χ2n) is 3.86. The molecule has 0 radical (unpaired) electrons. The molecule has 0 heterocycles. The zero-order chi connectivity index (χ0) is 11.8. The van der Waals surface area contributed by atoms with Gasteiger partial charge in [-0.2, -0.15) is 0 Å². The number of unbranched alkanes of at least 4 members (excludes halogenated alkanes) is 2. The first-order valence-electron chi connectivity index (χ1n) is 5.73. The van der Waals surface area contributed by atoms with E-state index in [0.717, 1.165) is 29.3 Å². The number of carbonyl (C=O) groups excluding carboxylic acids is 1. The van der Waals surface area contributed by atoms with Crippen LogP contribution in [0.25, 0.3) is 0 Å². The summed E-state index contributed by atoms with van der Waals surface area (Å²) in [6, 6.07) is 7.99. The van der Waals surface area contributed by atoms with E-state index in [-0.39, 0.29) is 5.91 Å². The highest BCUT2D eigenvalue weighted by atomic mass is 79.9. The molecule has 0 saturated carbocycles. The van der Waals surface area contributed by atoms with Gasteiger partial charge in [-0.25, -0.2) is 0 Å². The summed E-state index contributed by atoms with van der Waals surface area (Å²) in [7, 11) is 0. The average Bonchev–Trinajstić information content (AvgIpc) is 2.29. The normalized spacial score (nSPS) is 10.1. The van der Waals surface area contributed by atoms with Crippen molar-refractivity contribution in [3.05, 3.63) is 34.3 Å². The highest BCUT2D eigenvalue weighted by Gasteiger charge is 2.00. The summed E-state index contributed by atoms with van der Waals surface area (Å²) >= 11 is 3.38. The Bertz CT molecular complexity index is 321. The van der Waals surface area contributed by atoms with Crippen LogP contribution in [0.5, 0.6) is 0 Å². The molecule has 0 spiro atoms. The molecule has 0 atom stereocenters. The Balaban J connectivity index is 2.23. The molecule has 1 rings (SSSR count). The standard InChI is InChI=1S/C13H18BrNO/c1-2-3-4-5-13(16)15-10-11-6-8-12(14)9-7-11/h6-9H,2-5,10H2,1H3,(H,15,16). The van der Waals surface area contributed by atoms with Gasteiger partial charge in [0.05, 0.1) is 0 Å². The van der Waals surface area contributed by atoms with Gasteiger partial charge in [-0.1, -0.05) is 47.8 Å². The lowest BCUT2D eigenvalue weighted by molar-refractivity contribution is -0.121. The van der Waals surface area contributed by atoms with Crippen molar-refractivity contribution in [1.29, 1.82) is 0 Å². The summed E-state index contributed by atoms with van der Waals surface area (Å²) in [5.41, 5.74) is 1.13. The molecule has 0 saturated heterocycles. The minimum atomic E-state index is 0.149. The first kappa shape index (κ1) is 13.2. The molecule has 0 aromatic heterocycles. The largest absolute Gasteiger partial charge is 0.352 e. The Kier molecular flexibility index (Phi) is 6.16. The van der Waals surface area contributed by atoms with Crippen LogP contribution in [0.1, 0.15) is 38.2 Å². The molecular weight excluding hydrogens is 266 g/mol. The second-order valence-corrected chi connectivity index (χ2v) is 4.78. The molecule has 0 aliphatic heterocycles. The maximum Gasteiger partial charge on any atom is 0.220 e. The fourth-order valence-electron chi connectivity index (χ4n) is 1.43. The summed E-state index contributed by atoms with van der Waals surface area (Å²) in [6.45, 7) is 2.76. The number of nitrogens with one attached hydrogen (secondary N) is 1. The zero-order valence-corrected chi connectivity index (χ0v) is 11.2.